The first kappa shape index (κ1) is 12.7. The van der Waals surface area contributed by atoms with Gasteiger partial charge in [0.05, 0.1) is 18.6 Å². The number of rotatable bonds is 3. The number of hydrogen-bond donors (Lipinski definition) is 2. The molecule has 1 aliphatic rings. The first-order chi connectivity index (χ1) is 8.51. The zero-order valence-electron chi connectivity index (χ0n) is 9.70. The first-order valence-corrected chi connectivity index (χ1v) is 5.78. The van der Waals surface area contributed by atoms with Crippen LogP contribution in [0.15, 0.2) is 12.1 Å². The summed E-state index contributed by atoms with van der Waals surface area (Å²) in [5, 5.41) is 11.9. The Morgan fingerprint density at radius 2 is 2.33 bits per heavy atom. The summed E-state index contributed by atoms with van der Waals surface area (Å²) >= 11 is 5.97. The maximum absolute atomic E-state index is 11.5. The van der Waals surface area contributed by atoms with Gasteiger partial charge in [0.2, 0.25) is 5.91 Å². The fourth-order valence-corrected chi connectivity index (χ4v) is 2.34. The van der Waals surface area contributed by atoms with Crippen molar-refractivity contribution in [3.05, 3.63) is 22.7 Å². The van der Waals surface area contributed by atoms with Crippen LogP contribution in [0.1, 0.15) is 24.3 Å². The SMILES string of the molecule is COc1cc2c(cc1Cl)NC(=O)CC2CC(=O)O. The van der Waals surface area contributed by atoms with E-state index in [1.54, 1.807) is 12.1 Å². The topological polar surface area (TPSA) is 75.6 Å². The number of benzene rings is 1. The van der Waals surface area contributed by atoms with Crippen molar-refractivity contribution < 1.29 is 19.4 Å². The van der Waals surface area contributed by atoms with Crippen LogP contribution in [0.3, 0.4) is 0 Å². The molecule has 0 saturated carbocycles. The third kappa shape index (κ3) is 2.41. The molecule has 0 aliphatic carbocycles. The molecule has 0 radical (unpaired) electrons. The number of carbonyl (C=O) groups is 2. The number of ether oxygens (including phenoxy) is 1. The molecule has 2 N–H and O–H groups in total. The zero-order chi connectivity index (χ0) is 13.3. The molecule has 6 heteroatoms. The molecule has 1 unspecified atom stereocenters. The summed E-state index contributed by atoms with van der Waals surface area (Å²) in [6, 6.07) is 3.27. The number of aliphatic carboxylic acids is 1. The standard InChI is InChI=1S/C12H12ClNO4/c1-18-10-4-7-6(3-12(16)17)2-11(15)14-9(7)5-8(10)13/h4-6H,2-3H2,1H3,(H,14,15)(H,16,17). The quantitative estimate of drug-likeness (QED) is 0.882. The number of carbonyl (C=O) groups excluding carboxylic acids is 1. The van der Waals surface area contributed by atoms with Gasteiger partial charge in [-0.2, -0.15) is 0 Å². The van der Waals surface area contributed by atoms with Crippen molar-refractivity contribution in [3.63, 3.8) is 0 Å². The maximum atomic E-state index is 11.5. The van der Waals surface area contributed by atoms with Crippen LogP contribution in [0.5, 0.6) is 5.75 Å². The predicted octanol–water partition coefficient (Wildman–Crippen LogP) is 2.25. The number of amides is 1. The van der Waals surface area contributed by atoms with Crippen molar-refractivity contribution in [2.45, 2.75) is 18.8 Å². The van der Waals surface area contributed by atoms with E-state index in [-0.39, 0.29) is 24.7 Å². The van der Waals surface area contributed by atoms with Gasteiger partial charge in [-0.25, -0.2) is 0 Å². The molecule has 18 heavy (non-hydrogen) atoms. The van der Waals surface area contributed by atoms with Crippen molar-refractivity contribution >= 4 is 29.2 Å². The molecular weight excluding hydrogens is 258 g/mol. The summed E-state index contributed by atoms with van der Waals surface area (Å²) in [5.41, 5.74) is 1.31. The highest BCUT2D eigenvalue weighted by atomic mass is 35.5. The lowest BCUT2D eigenvalue weighted by molar-refractivity contribution is -0.137. The van der Waals surface area contributed by atoms with E-state index in [2.05, 4.69) is 5.32 Å². The van der Waals surface area contributed by atoms with E-state index in [0.29, 0.717) is 16.5 Å². The number of carboxylic acids is 1. The largest absolute Gasteiger partial charge is 0.495 e. The van der Waals surface area contributed by atoms with Gasteiger partial charge in [-0.15, -0.1) is 0 Å². The van der Waals surface area contributed by atoms with Crippen LogP contribution in [0.4, 0.5) is 5.69 Å². The highest BCUT2D eigenvalue weighted by Crippen LogP contribution is 2.40. The van der Waals surface area contributed by atoms with Crippen molar-refractivity contribution in [1.29, 1.82) is 0 Å². The van der Waals surface area contributed by atoms with Crippen LogP contribution in [0.2, 0.25) is 5.02 Å². The minimum absolute atomic E-state index is 0.0921. The second-order valence-electron chi connectivity index (χ2n) is 4.12. The summed E-state index contributed by atoms with van der Waals surface area (Å²) < 4.78 is 5.10. The van der Waals surface area contributed by atoms with Gasteiger partial charge in [-0.1, -0.05) is 11.6 Å². The van der Waals surface area contributed by atoms with Crippen molar-refractivity contribution in [2.75, 3.05) is 12.4 Å². The molecule has 0 aromatic heterocycles. The monoisotopic (exact) mass is 269 g/mol. The van der Waals surface area contributed by atoms with E-state index in [0.717, 1.165) is 5.56 Å². The van der Waals surface area contributed by atoms with Gasteiger partial charge in [0, 0.05) is 18.0 Å². The highest BCUT2D eigenvalue weighted by molar-refractivity contribution is 6.32. The first-order valence-electron chi connectivity index (χ1n) is 5.40. The Labute approximate surface area is 109 Å². The van der Waals surface area contributed by atoms with E-state index < -0.39 is 5.97 Å². The fraction of sp³-hybridized carbons (Fsp3) is 0.333. The average molecular weight is 270 g/mol. The lowest BCUT2D eigenvalue weighted by atomic mass is 9.88. The number of carboxylic acid groups (broad SMARTS) is 1. The van der Waals surface area contributed by atoms with Crippen LogP contribution >= 0.6 is 11.6 Å². The zero-order valence-corrected chi connectivity index (χ0v) is 10.5. The van der Waals surface area contributed by atoms with Crippen molar-refractivity contribution in [3.8, 4) is 5.75 Å². The Kier molecular flexibility index (Phi) is 3.43. The third-order valence-electron chi connectivity index (χ3n) is 2.89. The Hall–Kier alpha value is -1.75. The summed E-state index contributed by atoms with van der Waals surface area (Å²) in [6.45, 7) is 0. The van der Waals surface area contributed by atoms with Crippen molar-refractivity contribution in [2.24, 2.45) is 0 Å². The van der Waals surface area contributed by atoms with Gasteiger partial charge in [-0.3, -0.25) is 9.59 Å². The van der Waals surface area contributed by atoms with Gasteiger partial charge in [0.15, 0.2) is 0 Å². The molecule has 96 valence electrons. The molecule has 1 heterocycles. The van der Waals surface area contributed by atoms with Crippen LogP contribution in [0, 0.1) is 0 Å². The number of halogens is 1. The second kappa shape index (κ2) is 4.86. The van der Waals surface area contributed by atoms with Gasteiger partial charge in [0.1, 0.15) is 5.75 Å². The van der Waals surface area contributed by atoms with E-state index in [1.165, 1.54) is 7.11 Å². The molecule has 1 atom stereocenters. The van der Waals surface area contributed by atoms with Crippen LogP contribution < -0.4 is 10.1 Å². The molecule has 5 nitrogen and oxygen atoms in total. The summed E-state index contributed by atoms with van der Waals surface area (Å²) in [5.74, 6) is -1.01. The van der Waals surface area contributed by atoms with Gasteiger partial charge < -0.3 is 15.2 Å². The molecule has 1 aromatic carbocycles. The Morgan fingerprint density at radius 3 is 2.94 bits per heavy atom. The third-order valence-corrected chi connectivity index (χ3v) is 3.19. The van der Waals surface area contributed by atoms with Crippen LogP contribution in [0.25, 0.3) is 0 Å². The molecule has 0 spiro atoms. The molecule has 0 fully saturated rings. The maximum Gasteiger partial charge on any atom is 0.303 e. The Balaban J connectivity index is 2.45. The van der Waals surface area contributed by atoms with Gasteiger partial charge in [-0.05, 0) is 17.7 Å². The fourth-order valence-electron chi connectivity index (χ4n) is 2.10. The second-order valence-corrected chi connectivity index (χ2v) is 4.53. The average Bonchev–Trinajstić information content (AvgIpc) is 2.27. The Morgan fingerprint density at radius 1 is 1.61 bits per heavy atom. The number of hydrogen-bond acceptors (Lipinski definition) is 3. The molecule has 0 bridgehead atoms. The number of methoxy groups -OCH3 is 1. The van der Waals surface area contributed by atoms with E-state index >= 15 is 0 Å². The van der Waals surface area contributed by atoms with E-state index in [1.807, 2.05) is 0 Å². The summed E-state index contributed by atoms with van der Waals surface area (Å²) in [4.78, 5) is 22.3. The van der Waals surface area contributed by atoms with Crippen LogP contribution in [-0.4, -0.2) is 24.1 Å². The lowest BCUT2D eigenvalue weighted by Gasteiger charge is -2.25. The molecule has 1 aromatic rings. The Bertz CT molecular complexity index is 515. The van der Waals surface area contributed by atoms with Crippen molar-refractivity contribution in [1.82, 2.24) is 0 Å². The van der Waals surface area contributed by atoms with E-state index in [4.69, 9.17) is 21.4 Å². The highest BCUT2D eigenvalue weighted by Gasteiger charge is 2.28. The van der Waals surface area contributed by atoms with E-state index in [9.17, 15) is 9.59 Å². The number of nitrogens with one attached hydrogen (secondary N) is 1. The molecule has 0 saturated heterocycles. The number of fused-ring (bicyclic) bond motifs is 1. The smallest absolute Gasteiger partial charge is 0.303 e. The van der Waals surface area contributed by atoms with Gasteiger partial charge >= 0.3 is 5.97 Å². The minimum atomic E-state index is -0.936. The van der Waals surface area contributed by atoms with Crippen LogP contribution in [-0.2, 0) is 9.59 Å². The lowest BCUT2D eigenvalue weighted by Crippen LogP contribution is -2.24. The number of anilines is 1. The molecule has 2 rings (SSSR count). The molecule has 1 aliphatic heterocycles. The normalized spacial score (nSPS) is 17.9. The van der Waals surface area contributed by atoms with Gasteiger partial charge in [0.25, 0.3) is 0 Å². The predicted molar refractivity (Wildman–Crippen MR) is 66.2 cm³/mol. The molecular formula is C12H12ClNO4. The summed E-state index contributed by atoms with van der Waals surface area (Å²) in [7, 11) is 1.49. The minimum Gasteiger partial charge on any atom is -0.495 e. The molecule has 1 amide bonds. The summed E-state index contributed by atoms with van der Waals surface area (Å²) in [6.07, 6.45) is 0.0648.